The van der Waals surface area contributed by atoms with Gasteiger partial charge in [0.1, 0.15) is 0 Å². The van der Waals surface area contributed by atoms with Gasteiger partial charge in [0.15, 0.2) is 0 Å². The molecule has 96 valence electrons. The quantitative estimate of drug-likeness (QED) is 0.726. The molecule has 0 spiro atoms. The van der Waals surface area contributed by atoms with Crippen molar-refractivity contribution in [2.45, 2.75) is 71.6 Å². The summed E-state index contributed by atoms with van der Waals surface area (Å²) in [5, 5.41) is 0. The first-order chi connectivity index (χ1) is 8.11. The molecule has 0 aromatic carbocycles. The summed E-state index contributed by atoms with van der Waals surface area (Å²) in [5.41, 5.74) is 2.46. The number of rotatable bonds is 6. The Morgan fingerprint density at radius 3 is 1.94 bits per heavy atom. The van der Waals surface area contributed by atoms with Gasteiger partial charge >= 0.3 is 0 Å². The molecule has 0 saturated carbocycles. The first-order valence-electron chi connectivity index (χ1n) is 6.93. The van der Waals surface area contributed by atoms with Gasteiger partial charge in [-0.3, -0.25) is 9.97 Å². The molecule has 1 rings (SSSR count). The first kappa shape index (κ1) is 14.1. The molecular weight excluding hydrogens is 208 g/mol. The summed E-state index contributed by atoms with van der Waals surface area (Å²) in [6.45, 7) is 11.1. The van der Waals surface area contributed by atoms with Crippen molar-refractivity contribution in [3.8, 4) is 0 Å². The maximum absolute atomic E-state index is 4.65. The highest BCUT2D eigenvalue weighted by molar-refractivity contribution is 5.15. The third-order valence-electron chi connectivity index (χ3n) is 4.25. The minimum absolute atomic E-state index is 0.180. The predicted molar refractivity (Wildman–Crippen MR) is 73.3 cm³/mol. The third-order valence-corrected chi connectivity index (χ3v) is 4.25. The van der Waals surface area contributed by atoms with Crippen molar-refractivity contribution < 1.29 is 0 Å². The van der Waals surface area contributed by atoms with E-state index < -0.39 is 0 Å². The van der Waals surface area contributed by atoms with Crippen LogP contribution in [0.25, 0.3) is 0 Å². The highest BCUT2D eigenvalue weighted by atomic mass is 14.8. The number of hydrogen-bond donors (Lipinski definition) is 0. The lowest BCUT2D eigenvalue weighted by molar-refractivity contribution is 0.423. The molecule has 17 heavy (non-hydrogen) atoms. The van der Waals surface area contributed by atoms with Crippen LogP contribution in [0.15, 0.2) is 12.4 Å². The third kappa shape index (κ3) is 3.05. The molecule has 0 fully saturated rings. The van der Waals surface area contributed by atoms with Crippen LogP contribution in [-0.2, 0) is 5.41 Å². The second-order valence-corrected chi connectivity index (χ2v) is 5.11. The van der Waals surface area contributed by atoms with Crippen LogP contribution in [0.2, 0.25) is 0 Å². The van der Waals surface area contributed by atoms with Crippen molar-refractivity contribution in [1.82, 2.24) is 9.97 Å². The van der Waals surface area contributed by atoms with Gasteiger partial charge in [-0.1, -0.05) is 34.6 Å². The summed E-state index contributed by atoms with van der Waals surface area (Å²) in [6, 6.07) is 0. The van der Waals surface area contributed by atoms with Crippen LogP contribution in [0.1, 0.15) is 77.6 Å². The molecule has 0 unspecified atom stereocenters. The van der Waals surface area contributed by atoms with Gasteiger partial charge in [0.25, 0.3) is 0 Å². The van der Waals surface area contributed by atoms with Crippen LogP contribution in [0.4, 0.5) is 0 Å². The van der Waals surface area contributed by atoms with E-state index in [0.29, 0.717) is 5.92 Å². The molecular formula is C15H26N2. The van der Waals surface area contributed by atoms with Crippen molar-refractivity contribution in [3.63, 3.8) is 0 Å². The highest BCUT2D eigenvalue weighted by Crippen LogP contribution is 2.29. The number of aromatic nitrogens is 2. The van der Waals surface area contributed by atoms with Gasteiger partial charge in [-0.2, -0.15) is 0 Å². The standard InChI is InChI=1S/C15H26N2/c1-6-12(7-2)13-10-17-14(11-16-13)15(5,8-3)9-4/h10-12H,6-9H2,1-5H3. The fourth-order valence-electron chi connectivity index (χ4n) is 2.18. The Morgan fingerprint density at radius 1 is 1.00 bits per heavy atom. The maximum Gasteiger partial charge on any atom is 0.0645 e. The van der Waals surface area contributed by atoms with Crippen molar-refractivity contribution in [2.24, 2.45) is 0 Å². The monoisotopic (exact) mass is 234 g/mol. The van der Waals surface area contributed by atoms with E-state index in [1.807, 2.05) is 12.4 Å². The van der Waals surface area contributed by atoms with E-state index in [0.717, 1.165) is 37.1 Å². The lowest BCUT2D eigenvalue weighted by Crippen LogP contribution is -2.21. The van der Waals surface area contributed by atoms with Crippen LogP contribution in [0.3, 0.4) is 0 Å². The normalized spacial score (nSPS) is 12.1. The average molecular weight is 234 g/mol. The molecule has 0 bridgehead atoms. The summed E-state index contributed by atoms with van der Waals surface area (Å²) in [6.07, 6.45) is 8.48. The zero-order valence-corrected chi connectivity index (χ0v) is 12.0. The number of nitrogens with zero attached hydrogens (tertiary/aromatic N) is 2. The molecule has 2 nitrogen and oxygen atoms in total. The summed E-state index contributed by atoms with van der Waals surface area (Å²) < 4.78 is 0. The minimum Gasteiger partial charge on any atom is -0.257 e. The molecule has 0 amide bonds. The van der Waals surface area contributed by atoms with E-state index in [4.69, 9.17) is 0 Å². The molecule has 1 aromatic heterocycles. The molecule has 0 aliphatic heterocycles. The van der Waals surface area contributed by atoms with E-state index in [9.17, 15) is 0 Å². The lowest BCUT2D eigenvalue weighted by Gasteiger charge is -2.26. The lowest BCUT2D eigenvalue weighted by atomic mass is 9.81. The van der Waals surface area contributed by atoms with Crippen molar-refractivity contribution in [1.29, 1.82) is 0 Å². The molecule has 0 aliphatic rings. The van der Waals surface area contributed by atoms with E-state index >= 15 is 0 Å². The maximum atomic E-state index is 4.65. The van der Waals surface area contributed by atoms with Crippen LogP contribution in [-0.4, -0.2) is 9.97 Å². The molecule has 0 atom stereocenters. The van der Waals surface area contributed by atoms with Gasteiger partial charge in [0, 0.05) is 23.7 Å². The molecule has 1 aromatic rings. The molecule has 0 radical (unpaired) electrons. The molecule has 0 aliphatic carbocycles. The molecule has 0 saturated heterocycles. The first-order valence-corrected chi connectivity index (χ1v) is 6.93. The van der Waals surface area contributed by atoms with Crippen LogP contribution in [0, 0.1) is 0 Å². The van der Waals surface area contributed by atoms with Gasteiger partial charge < -0.3 is 0 Å². The summed E-state index contributed by atoms with van der Waals surface area (Å²) in [4.78, 5) is 9.27. The predicted octanol–water partition coefficient (Wildman–Crippen LogP) is 4.46. The Hall–Kier alpha value is -0.920. The average Bonchev–Trinajstić information content (AvgIpc) is 2.40. The van der Waals surface area contributed by atoms with Gasteiger partial charge in [-0.25, -0.2) is 0 Å². The highest BCUT2D eigenvalue weighted by Gasteiger charge is 2.24. The Labute approximate surface area is 106 Å². The summed E-state index contributed by atoms with van der Waals surface area (Å²) in [5.74, 6) is 0.561. The van der Waals surface area contributed by atoms with E-state index in [2.05, 4.69) is 44.6 Å². The van der Waals surface area contributed by atoms with Crippen molar-refractivity contribution in [2.75, 3.05) is 0 Å². The SMILES string of the molecule is CCC(CC)c1cnc(C(C)(CC)CC)cn1. The Morgan fingerprint density at radius 2 is 1.59 bits per heavy atom. The smallest absolute Gasteiger partial charge is 0.0645 e. The second kappa shape index (κ2) is 6.13. The molecule has 1 heterocycles. The Kier molecular flexibility index (Phi) is 5.10. The van der Waals surface area contributed by atoms with Gasteiger partial charge in [0.2, 0.25) is 0 Å². The van der Waals surface area contributed by atoms with E-state index in [-0.39, 0.29) is 5.41 Å². The van der Waals surface area contributed by atoms with Gasteiger partial charge in [-0.15, -0.1) is 0 Å². The summed E-state index contributed by atoms with van der Waals surface area (Å²) >= 11 is 0. The van der Waals surface area contributed by atoms with Gasteiger partial charge in [0.05, 0.1) is 11.4 Å². The van der Waals surface area contributed by atoms with Crippen molar-refractivity contribution in [3.05, 3.63) is 23.8 Å². The zero-order valence-electron chi connectivity index (χ0n) is 12.0. The second-order valence-electron chi connectivity index (χ2n) is 5.11. The number of hydrogen-bond acceptors (Lipinski definition) is 2. The van der Waals surface area contributed by atoms with Crippen molar-refractivity contribution >= 4 is 0 Å². The molecule has 0 N–H and O–H groups in total. The van der Waals surface area contributed by atoms with Gasteiger partial charge in [-0.05, 0) is 25.7 Å². The van der Waals surface area contributed by atoms with Crippen LogP contribution in [0.5, 0.6) is 0 Å². The fraction of sp³-hybridized carbons (Fsp3) is 0.733. The largest absolute Gasteiger partial charge is 0.257 e. The minimum atomic E-state index is 0.180. The van der Waals surface area contributed by atoms with E-state index in [1.54, 1.807) is 0 Å². The summed E-state index contributed by atoms with van der Waals surface area (Å²) in [7, 11) is 0. The topological polar surface area (TPSA) is 25.8 Å². The Balaban J connectivity index is 2.94. The fourth-order valence-corrected chi connectivity index (χ4v) is 2.18. The van der Waals surface area contributed by atoms with E-state index in [1.165, 1.54) is 0 Å². The molecule has 2 heteroatoms. The van der Waals surface area contributed by atoms with Crippen LogP contribution >= 0.6 is 0 Å². The zero-order chi connectivity index (χ0) is 12.9. The Bertz CT molecular complexity index is 321. The van der Waals surface area contributed by atoms with Crippen LogP contribution < -0.4 is 0 Å².